The molecule has 10 nitrogen and oxygen atoms in total. The van der Waals surface area contributed by atoms with E-state index in [1.807, 2.05) is 158 Å². The molecule has 0 N–H and O–H groups in total. The lowest BCUT2D eigenvalue weighted by molar-refractivity contribution is -0.298. The molecular formula is C49H52O10P2. The summed E-state index contributed by atoms with van der Waals surface area (Å²) in [5.41, 5.74) is 2.03. The van der Waals surface area contributed by atoms with Crippen molar-refractivity contribution < 1.29 is 46.9 Å². The molecule has 0 spiro atoms. The Bertz CT molecular complexity index is 2080. The summed E-state index contributed by atoms with van der Waals surface area (Å²) >= 11 is 0. The summed E-state index contributed by atoms with van der Waals surface area (Å²) in [5.74, 6) is 2.96. The Morgan fingerprint density at radius 3 is 1.18 bits per heavy atom. The Kier molecular flexibility index (Phi) is 16.2. The van der Waals surface area contributed by atoms with Gasteiger partial charge >= 0.3 is 0 Å². The van der Waals surface area contributed by atoms with Crippen molar-refractivity contribution in [1.82, 2.24) is 0 Å². The Hall–Kier alpha value is -4.86. The molecule has 12 heteroatoms. The van der Waals surface area contributed by atoms with E-state index in [4.69, 9.17) is 46.9 Å². The van der Waals surface area contributed by atoms with Crippen LogP contribution in [0.2, 0.25) is 0 Å². The largest absolute Gasteiger partial charge is 0.497 e. The van der Waals surface area contributed by atoms with E-state index in [9.17, 15) is 0 Å². The predicted octanol–water partition coefficient (Wildman–Crippen LogP) is 8.06. The third kappa shape index (κ3) is 11.5. The summed E-state index contributed by atoms with van der Waals surface area (Å²) in [6, 6.07) is 52.0. The summed E-state index contributed by atoms with van der Waals surface area (Å²) in [6.07, 6.45) is -3.72. The minimum Gasteiger partial charge on any atom is -0.497 e. The van der Waals surface area contributed by atoms with Crippen LogP contribution in [0.1, 0.15) is 11.1 Å². The van der Waals surface area contributed by atoms with Gasteiger partial charge in [-0.25, -0.2) is 0 Å². The van der Waals surface area contributed by atoms with Crippen LogP contribution in [0.15, 0.2) is 158 Å². The molecule has 5 atom stereocenters. The molecule has 1 fully saturated rings. The standard InChI is InChI=1S/C49H52O10P2/c1-50-37-16-24-41(25-17-37)60(42-26-18-38(51-2)19-27-42)58-46-45(34-55-32-35-12-8-6-9-13-35)57-49(54-5)48(56-33-36-14-10-7-11-15-36)47(46)59-61(43-28-20-39(52-3)21-29-43)44-30-22-40(53-4)23-31-44/h6-31,45-49H,32-34H2,1-5H3/t45-,46-,47+,48+,49+/m1/s1. The minimum absolute atomic E-state index is 0.183. The van der Waals surface area contributed by atoms with Gasteiger partial charge in [0, 0.05) is 28.3 Å². The first-order chi connectivity index (χ1) is 30.0. The second-order valence-electron chi connectivity index (χ2n) is 14.1. The van der Waals surface area contributed by atoms with Crippen molar-refractivity contribution in [1.29, 1.82) is 0 Å². The van der Waals surface area contributed by atoms with Gasteiger partial charge in [-0.05, 0) is 108 Å². The van der Waals surface area contributed by atoms with Gasteiger partial charge in [0.25, 0.3) is 0 Å². The summed E-state index contributed by atoms with van der Waals surface area (Å²) in [6.45, 7) is 0.841. The molecule has 6 aromatic rings. The quantitative estimate of drug-likeness (QED) is 0.0703. The first-order valence-electron chi connectivity index (χ1n) is 20.0. The van der Waals surface area contributed by atoms with Crippen LogP contribution in [0.3, 0.4) is 0 Å². The first-order valence-corrected chi connectivity index (χ1v) is 22.5. The lowest BCUT2D eigenvalue weighted by Gasteiger charge is -2.47. The zero-order chi connectivity index (χ0) is 42.4. The van der Waals surface area contributed by atoms with Crippen molar-refractivity contribution in [3.05, 3.63) is 169 Å². The van der Waals surface area contributed by atoms with Crippen molar-refractivity contribution >= 4 is 37.5 Å². The predicted molar refractivity (Wildman–Crippen MR) is 241 cm³/mol. The SMILES string of the molecule is COc1ccc(P(O[C@@H]2[C@H](OCc3ccccc3)[C@@H](OC)O[C@H](COCc3ccccc3)[C@H]2OP(c2ccc(OC)cc2)c2ccc(OC)cc2)c2ccc(OC)cc2)cc1. The Balaban J connectivity index is 1.35. The molecule has 0 unspecified atom stereocenters. The molecule has 1 heterocycles. The van der Waals surface area contributed by atoms with Crippen LogP contribution in [0.4, 0.5) is 0 Å². The van der Waals surface area contributed by atoms with Crippen LogP contribution in [-0.2, 0) is 41.2 Å². The molecule has 0 bridgehead atoms. The second kappa shape index (κ2) is 22.3. The average Bonchev–Trinajstić information content (AvgIpc) is 3.33. The van der Waals surface area contributed by atoms with Crippen LogP contribution >= 0.6 is 16.3 Å². The molecular weight excluding hydrogens is 810 g/mol. The lowest BCUT2D eigenvalue weighted by atomic mass is 9.99. The van der Waals surface area contributed by atoms with Crippen LogP contribution in [0.5, 0.6) is 23.0 Å². The van der Waals surface area contributed by atoms with Crippen LogP contribution in [0, 0.1) is 0 Å². The molecule has 6 aromatic carbocycles. The highest BCUT2D eigenvalue weighted by Crippen LogP contribution is 2.47. The van der Waals surface area contributed by atoms with Crippen LogP contribution in [0.25, 0.3) is 0 Å². The van der Waals surface area contributed by atoms with E-state index < -0.39 is 47.0 Å². The number of ether oxygens (including phenoxy) is 8. The van der Waals surface area contributed by atoms with Crippen LogP contribution < -0.4 is 40.2 Å². The van der Waals surface area contributed by atoms with Crippen molar-refractivity contribution in [2.45, 2.75) is 43.9 Å². The van der Waals surface area contributed by atoms with Gasteiger partial charge in [0.15, 0.2) is 6.29 Å². The normalized spacial score (nSPS) is 18.8. The Morgan fingerprint density at radius 1 is 0.426 bits per heavy atom. The maximum atomic E-state index is 7.58. The van der Waals surface area contributed by atoms with E-state index in [0.717, 1.165) is 55.3 Å². The number of rotatable bonds is 20. The highest BCUT2D eigenvalue weighted by Gasteiger charge is 2.51. The van der Waals surface area contributed by atoms with Gasteiger partial charge in [-0.15, -0.1) is 0 Å². The average molecular weight is 863 g/mol. The summed E-state index contributed by atoms with van der Waals surface area (Å²) in [4.78, 5) is 0. The minimum atomic E-state index is -1.51. The summed E-state index contributed by atoms with van der Waals surface area (Å²) < 4.78 is 63.8. The topological polar surface area (TPSA) is 92.3 Å². The fourth-order valence-electron chi connectivity index (χ4n) is 6.91. The summed E-state index contributed by atoms with van der Waals surface area (Å²) in [7, 11) is 5.24. The molecule has 0 aromatic heterocycles. The number of hydrogen-bond donors (Lipinski definition) is 0. The maximum absolute atomic E-state index is 7.58. The number of methoxy groups -OCH3 is 5. The fraction of sp³-hybridized carbons (Fsp3) is 0.265. The highest BCUT2D eigenvalue weighted by molar-refractivity contribution is 7.69. The fourth-order valence-corrected chi connectivity index (χ4v) is 10.7. The molecule has 0 aliphatic carbocycles. The van der Waals surface area contributed by atoms with Crippen molar-refractivity contribution in [2.75, 3.05) is 42.2 Å². The van der Waals surface area contributed by atoms with Crippen LogP contribution in [-0.4, -0.2) is 72.9 Å². The molecule has 61 heavy (non-hydrogen) atoms. The molecule has 1 aliphatic heterocycles. The third-order valence-corrected chi connectivity index (χ3v) is 14.2. The zero-order valence-electron chi connectivity index (χ0n) is 35.0. The van der Waals surface area contributed by atoms with E-state index >= 15 is 0 Å². The smallest absolute Gasteiger partial charge is 0.186 e. The number of benzene rings is 6. The first kappa shape index (κ1) is 44.2. The molecule has 0 saturated carbocycles. The molecule has 0 radical (unpaired) electrons. The molecule has 1 saturated heterocycles. The van der Waals surface area contributed by atoms with Gasteiger partial charge in [-0.1, -0.05) is 60.7 Å². The van der Waals surface area contributed by atoms with E-state index in [-0.39, 0.29) is 13.2 Å². The van der Waals surface area contributed by atoms with Gasteiger partial charge in [0.05, 0.1) is 64.6 Å². The number of hydrogen-bond acceptors (Lipinski definition) is 10. The summed E-state index contributed by atoms with van der Waals surface area (Å²) in [5, 5.41) is 3.86. The van der Waals surface area contributed by atoms with Crippen molar-refractivity contribution in [3.63, 3.8) is 0 Å². The van der Waals surface area contributed by atoms with Gasteiger partial charge in [0.1, 0.15) is 47.4 Å². The van der Waals surface area contributed by atoms with E-state index in [1.54, 1.807) is 35.5 Å². The van der Waals surface area contributed by atoms with E-state index in [1.165, 1.54) is 0 Å². The van der Waals surface area contributed by atoms with Crippen molar-refractivity contribution in [3.8, 4) is 23.0 Å². The van der Waals surface area contributed by atoms with E-state index in [2.05, 4.69) is 0 Å². The Labute approximate surface area is 361 Å². The lowest BCUT2D eigenvalue weighted by Crippen LogP contribution is -2.61. The zero-order valence-corrected chi connectivity index (χ0v) is 36.8. The van der Waals surface area contributed by atoms with Gasteiger partial charge in [0.2, 0.25) is 0 Å². The maximum Gasteiger partial charge on any atom is 0.186 e. The Morgan fingerprint density at radius 2 is 0.803 bits per heavy atom. The van der Waals surface area contributed by atoms with E-state index in [0.29, 0.717) is 6.61 Å². The van der Waals surface area contributed by atoms with Crippen molar-refractivity contribution in [2.24, 2.45) is 0 Å². The second-order valence-corrected chi connectivity index (χ2v) is 17.7. The van der Waals surface area contributed by atoms with Gasteiger partial charge in [-0.3, -0.25) is 0 Å². The molecule has 7 rings (SSSR count). The highest BCUT2D eigenvalue weighted by atomic mass is 31.1. The third-order valence-electron chi connectivity index (χ3n) is 10.2. The molecule has 0 amide bonds. The molecule has 1 aliphatic rings. The van der Waals surface area contributed by atoms with Gasteiger partial charge in [-0.2, -0.15) is 0 Å². The monoisotopic (exact) mass is 862 g/mol. The molecule has 318 valence electrons. The van der Waals surface area contributed by atoms with Gasteiger partial charge < -0.3 is 46.9 Å².